The Hall–Kier alpha value is -3.55. The van der Waals surface area contributed by atoms with Gasteiger partial charge in [0.2, 0.25) is 0 Å². The van der Waals surface area contributed by atoms with Crippen LogP contribution >= 0.6 is 0 Å². The third-order valence-corrected chi connectivity index (χ3v) is 3.57. The van der Waals surface area contributed by atoms with Crippen LogP contribution in [0.25, 0.3) is 0 Å². The van der Waals surface area contributed by atoms with Gasteiger partial charge in [0.1, 0.15) is 28.8 Å². The fourth-order valence-electron chi connectivity index (χ4n) is 2.22. The van der Waals surface area contributed by atoms with Crippen LogP contribution in [0.5, 0.6) is 11.5 Å². The van der Waals surface area contributed by atoms with E-state index >= 15 is 0 Å². The number of ether oxygens (including phenoxy) is 2. The normalized spacial score (nSPS) is 10.2. The first kappa shape index (κ1) is 17.3. The number of hydrogen-bond donors (Lipinski definition) is 2. The SMILES string of the molecule is COc1ccc(NC(=O)c2cnc(NCc3ccco3)cn2)c(OC)c1. The number of hydrogen-bond acceptors (Lipinski definition) is 7. The molecule has 3 rings (SSSR count). The molecule has 0 aliphatic rings. The van der Waals surface area contributed by atoms with Crippen molar-refractivity contribution in [3.05, 3.63) is 60.4 Å². The maximum atomic E-state index is 12.4. The summed E-state index contributed by atoms with van der Waals surface area (Å²) in [5, 5.41) is 5.81. The molecular weight excluding hydrogens is 336 g/mol. The van der Waals surface area contributed by atoms with E-state index in [1.54, 1.807) is 31.6 Å². The molecule has 8 nitrogen and oxygen atoms in total. The van der Waals surface area contributed by atoms with Crippen LogP contribution in [0.4, 0.5) is 11.5 Å². The molecule has 0 saturated carbocycles. The summed E-state index contributed by atoms with van der Waals surface area (Å²) in [5.41, 5.74) is 0.701. The predicted molar refractivity (Wildman–Crippen MR) is 95.6 cm³/mol. The van der Waals surface area contributed by atoms with Crippen molar-refractivity contribution >= 4 is 17.4 Å². The van der Waals surface area contributed by atoms with Crippen LogP contribution in [0.1, 0.15) is 16.2 Å². The van der Waals surface area contributed by atoms with Gasteiger partial charge in [0.15, 0.2) is 0 Å². The van der Waals surface area contributed by atoms with Crippen molar-refractivity contribution in [2.75, 3.05) is 24.9 Å². The monoisotopic (exact) mass is 354 g/mol. The molecule has 8 heteroatoms. The molecule has 0 aliphatic carbocycles. The van der Waals surface area contributed by atoms with E-state index in [2.05, 4.69) is 20.6 Å². The van der Waals surface area contributed by atoms with Gasteiger partial charge in [0.05, 0.1) is 45.1 Å². The highest BCUT2D eigenvalue weighted by Gasteiger charge is 2.12. The van der Waals surface area contributed by atoms with E-state index in [1.807, 2.05) is 12.1 Å². The summed E-state index contributed by atoms with van der Waals surface area (Å²) in [7, 11) is 3.08. The number of nitrogens with zero attached hydrogens (tertiary/aromatic N) is 2. The standard InChI is InChI=1S/C18H18N4O4/c1-24-12-5-6-14(16(8-12)25-2)22-18(23)15-10-21-17(11-19-15)20-9-13-4-3-7-26-13/h3-8,10-11H,9H2,1-2H3,(H,20,21)(H,22,23). The first-order valence-electron chi connectivity index (χ1n) is 7.81. The molecule has 0 spiro atoms. The molecular formula is C18H18N4O4. The Balaban J connectivity index is 1.64. The molecule has 0 unspecified atom stereocenters. The lowest BCUT2D eigenvalue weighted by Gasteiger charge is -2.11. The molecule has 2 aromatic heterocycles. The molecule has 0 bridgehead atoms. The zero-order valence-corrected chi connectivity index (χ0v) is 14.4. The van der Waals surface area contributed by atoms with E-state index in [0.717, 1.165) is 5.76 Å². The van der Waals surface area contributed by atoms with Gasteiger partial charge in [-0.15, -0.1) is 0 Å². The molecule has 2 heterocycles. The van der Waals surface area contributed by atoms with Crippen molar-refractivity contribution in [1.29, 1.82) is 0 Å². The molecule has 26 heavy (non-hydrogen) atoms. The van der Waals surface area contributed by atoms with Crippen LogP contribution < -0.4 is 20.1 Å². The van der Waals surface area contributed by atoms with Crippen LogP contribution in [0.2, 0.25) is 0 Å². The Morgan fingerprint density at radius 1 is 1.15 bits per heavy atom. The second-order valence-corrected chi connectivity index (χ2v) is 5.24. The predicted octanol–water partition coefficient (Wildman–Crippen LogP) is 2.95. The molecule has 2 N–H and O–H groups in total. The summed E-state index contributed by atoms with van der Waals surface area (Å²) in [5.74, 6) is 2.05. The minimum Gasteiger partial charge on any atom is -0.497 e. The number of aromatic nitrogens is 2. The smallest absolute Gasteiger partial charge is 0.275 e. The summed E-state index contributed by atoms with van der Waals surface area (Å²) >= 11 is 0. The average molecular weight is 354 g/mol. The van der Waals surface area contributed by atoms with Gasteiger partial charge in [0.25, 0.3) is 5.91 Å². The molecule has 0 saturated heterocycles. The topological polar surface area (TPSA) is 98.5 Å². The first-order valence-corrected chi connectivity index (χ1v) is 7.81. The van der Waals surface area contributed by atoms with Gasteiger partial charge in [-0.05, 0) is 24.3 Å². The zero-order chi connectivity index (χ0) is 18.4. The molecule has 1 aromatic carbocycles. The molecule has 0 radical (unpaired) electrons. The first-order chi connectivity index (χ1) is 12.7. The highest BCUT2D eigenvalue weighted by Crippen LogP contribution is 2.29. The Morgan fingerprint density at radius 2 is 2.04 bits per heavy atom. The van der Waals surface area contributed by atoms with Gasteiger partial charge >= 0.3 is 0 Å². The Bertz CT molecular complexity index is 863. The van der Waals surface area contributed by atoms with Gasteiger partial charge in [0, 0.05) is 6.07 Å². The third kappa shape index (κ3) is 4.10. The quantitative estimate of drug-likeness (QED) is 0.673. The van der Waals surface area contributed by atoms with Crippen LogP contribution in [-0.4, -0.2) is 30.1 Å². The summed E-state index contributed by atoms with van der Waals surface area (Å²) in [6.45, 7) is 0.482. The molecule has 3 aromatic rings. The maximum Gasteiger partial charge on any atom is 0.275 e. The number of carbonyl (C=O) groups is 1. The van der Waals surface area contributed by atoms with E-state index in [0.29, 0.717) is 29.5 Å². The van der Waals surface area contributed by atoms with Crippen LogP contribution in [0.15, 0.2) is 53.4 Å². The average Bonchev–Trinajstić information content (AvgIpc) is 3.20. The Kier molecular flexibility index (Phi) is 5.33. The van der Waals surface area contributed by atoms with Crippen LogP contribution in [0, 0.1) is 0 Å². The lowest BCUT2D eigenvalue weighted by molar-refractivity contribution is 0.102. The van der Waals surface area contributed by atoms with Crippen molar-refractivity contribution < 1.29 is 18.7 Å². The van der Waals surface area contributed by atoms with Gasteiger partial charge in [-0.1, -0.05) is 0 Å². The maximum absolute atomic E-state index is 12.4. The van der Waals surface area contributed by atoms with Crippen LogP contribution in [0.3, 0.4) is 0 Å². The van der Waals surface area contributed by atoms with Crippen LogP contribution in [-0.2, 0) is 6.54 Å². The number of rotatable bonds is 7. The van der Waals surface area contributed by atoms with Gasteiger partial charge in [-0.3, -0.25) is 4.79 Å². The van der Waals surface area contributed by atoms with Crippen molar-refractivity contribution in [3.8, 4) is 11.5 Å². The van der Waals surface area contributed by atoms with Crippen molar-refractivity contribution in [1.82, 2.24) is 9.97 Å². The zero-order valence-electron chi connectivity index (χ0n) is 14.4. The molecule has 134 valence electrons. The van der Waals surface area contributed by atoms with Crippen molar-refractivity contribution in [3.63, 3.8) is 0 Å². The van der Waals surface area contributed by atoms with Gasteiger partial charge in [-0.2, -0.15) is 0 Å². The number of anilines is 2. The Labute approximate surface area is 150 Å². The summed E-state index contributed by atoms with van der Waals surface area (Å²) in [6, 6.07) is 8.77. The highest BCUT2D eigenvalue weighted by atomic mass is 16.5. The number of methoxy groups -OCH3 is 2. The second-order valence-electron chi connectivity index (χ2n) is 5.24. The minimum atomic E-state index is -0.390. The van der Waals surface area contributed by atoms with Gasteiger partial charge < -0.3 is 24.5 Å². The number of amides is 1. The lowest BCUT2D eigenvalue weighted by atomic mass is 10.2. The summed E-state index contributed by atoms with van der Waals surface area (Å²) in [6.07, 6.45) is 4.49. The summed E-state index contributed by atoms with van der Waals surface area (Å²) in [4.78, 5) is 20.7. The molecule has 0 fully saturated rings. The van der Waals surface area contributed by atoms with Gasteiger partial charge in [-0.25, -0.2) is 9.97 Å². The number of carbonyl (C=O) groups excluding carboxylic acids is 1. The third-order valence-electron chi connectivity index (χ3n) is 3.57. The fourth-order valence-corrected chi connectivity index (χ4v) is 2.22. The molecule has 0 aliphatic heterocycles. The largest absolute Gasteiger partial charge is 0.497 e. The second kappa shape index (κ2) is 8.02. The number of benzene rings is 1. The van der Waals surface area contributed by atoms with E-state index in [4.69, 9.17) is 13.9 Å². The number of furan rings is 1. The molecule has 1 amide bonds. The van der Waals surface area contributed by atoms with Crippen molar-refractivity contribution in [2.24, 2.45) is 0 Å². The van der Waals surface area contributed by atoms with E-state index in [1.165, 1.54) is 19.5 Å². The highest BCUT2D eigenvalue weighted by molar-refractivity contribution is 6.03. The van der Waals surface area contributed by atoms with E-state index < -0.39 is 5.91 Å². The summed E-state index contributed by atoms with van der Waals surface area (Å²) < 4.78 is 15.6. The fraction of sp³-hybridized carbons (Fsp3) is 0.167. The number of nitrogens with one attached hydrogen (secondary N) is 2. The minimum absolute atomic E-state index is 0.186. The van der Waals surface area contributed by atoms with E-state index in [-0.39, 0.29) is 5.69 Å². The Morgan fingerprint density at radius 3 is 2.69 bits per heavy atom. The van der Waals surface area contributed by atoms with E-state index in [9.17, 15) is 4.79 Å². The lowest BCUT2D eigenvalue weighted by Crippen LogP contribution is -2.15. The molecule has 0 atom stereocenters. The van der Waals surface area contributed by atoms with Crippen molar-refractivity contribution in [2.45, 2.75) is 6.54 Å².